The number of benzene rings is 1. The fourth-order valence-electron chi connectivity index (χ4n) is 4.39. The van der Waals surface area contributed by atoms with Gasteiger partial charge in [0.15, 0.2) is 0 Å². The Labute approximate surface area is 184 Å². The van der Waals surface area contributed by atoms with E-state index in [1.807, 2.05) is 24.3 Å². The van der Waals surface area contributed by atoms with E-state index in [4.69, 9.17) is 9.97 Å². The normalized spacial score (nSPS) is 20.3. The first kappa shape index (κ1) is 20.4. The van der Waals surface area contributed by atoms with Crippen LogP contribution in [0.4, 0.5) is 11.8 Å². The molecular weight excluding hydrogens is 412 g/mol. The molecule has 0 amide bonds. The maximum atomic E-state index is 13.3. The van der Waals surface area contributed by atoms with Crippen LogP contribution in [0.1, 0.15) is 25.7 Å². The molecule has 0 saturated carbocycles. The molecule has 4 N–H and O–H groups in total. The Morgan fingerprint density at radius 3 is 2.77 bits per heavy atom. The number of para-hydroxylation sites is 1. The summed E-state index contributed by atoms with van der Waals surface area (Å²) in [5.74, 6) is 1.53. The maximum absolute atomic E-state index is 13.3. The molecule has 31 heavy (non-hydrogen) atoms. The minimum absolute atomic E-state index is 0.167. The third-order valence-corrected chi connectivity index (χ3v) is 7.28. The predicted octanol–water partition coefficient (Wildman–Crippen LogP) is 2.42. The van der Waals surface area contributed by atoms with Gasteiger partial charge in [0, 0.05) is 32.3 Å². The SMILES string of the molecule is O=c1[nH]c(N2CCC(CO)CC2)nc(N[C@@H]2CCCNC2)c1-c1nc2ccccc2s1. The zero-order chi connectivity index (χ0) is 21.2. The molecule has 5 rings (SSSR count). The minimum Gasteiger partial charge on any atom is -0.396 e. The van der Waals surface area contributed by atoms with E-state index in [0.717, 1.165) is 62.1 Å². The highest BCUT2D eigenvalue weighted by Gasteiger charge is 2.25. The van der Waals surface area contributed by atoms with Crippen molar-refractivity contribution in [3.8, 4) is 10.6 Å². The number of hydrogen-bond donors (Lipinski definition) is 4. The van der Waals surface area contributed by atoms with Gasteiger partial charge in [-0.25, -0.2) is 4.98 Å². The Balaban J connectivity index is 1.53. The monoisotopic (exact) mass is 440 g/mol. The number of nitrogens with one attached hydrogen (secondary N) is 3. The van der Waals surface area contributed by atoms with Gasteiger partial charge in [0.1, 0.15) is 16.4 Å². The van der Waals surface area contributed by atoms with Gasteiger partial charge >= 0.3 is 0 Å². The molecule has 0 aliphatic carbocycles. The molecule has 1 aromatic carbocycles. The number of H-pyrrole nitrogens is 1. The number of piperidine rings is 2. The number of hydrogen-bond acceptors (Lipinski definition) is 8. The summed E-state index contributed by atoms with van der Waals surface area (Å²) < 4.78 is 1.05. The van der Waals surface area contributed by atoms with E-state index in [9.17, 15) is 9.90 Å². The number of anilines is 2. The van der Waals surface area contributed by atoms with Crippen molar-refractivity contribution in [2.45, 2.75) is 31.7 Å². The van der Waals surface area contributed by atoms with Gasteiger partial charge in [0.05, 0.1) is 10.2 Å². The van der Waals surface area contributed by atoms with Gasteiger partial charge in [0.25, 0.3) is 5.56 Å². The van der Waals surface area contributed by atoms with Crippen LogP contribution in [-0.4, -0.2) is 58.9 Å². The Kier molecular flexibility index (Phi) is 5.89. The van der Waals surface area contributed by atoms with Crippen molar-refractivity contribution in [1.29, 1.82) is 0 Å². The second-order valence-electron chi connectivity index (χ2n) is 8.40. The average Bonchev–Trinajstić information content (AvgIpc) is 3.23. The van der Waals surface area contributed by atoms with E-state index in [2.05, 4.69) is 20.5 Å². The molecule has 164 valence electrons. The molecule has 0 spiro atoms. The lowest BCUT2D eigenvalue weighted by atomic mass is 9.98. The Morgan fingerprint density at radius 1 is 1.19 bits per heavy atom. The molecule has 9 heteroatoms. The largest absolute Gasteiger partial charge is 0.396 e. The van der Waals surface area contributed by atoms with Gasteiger partial charge in [0.2, 0.25) is 5.95 Å². The summed E-state index contributed by atoms with van der Waals surface area (Å²) in [7, 11) is 0. The predicted molar refractivity (Wildman–Crippen MR) is 125 cm³/mol. The fraction of sp³-hybridized carbons (Fsp3) is 0.500. The summed E-state index contributed by atoms with van der Waals surface area (Å²) >= 11 is 1.52. The van der Waals surface area contributed by atoms with E-state index in [1.54, 1.807) is 0 Å². The summed E-state index contributed by atoms with van der Waals surface area (Å²) in [6, 6.07) is 8.16. The highest BCUT2D eigenvalue weighted by molar-refractivity contribution is 7.21. The number of aromatic nitrogens is 3. The highest BCUT2D eigenvalue weighted by Crippen LogP contribution is 2.33. The van der Waals surface area contributed by atoms with E-state index < -0.39 is 0 Å². The molecule has 0 unspecified atom stereocenters. The number of aliphatic hydroxyl groups excluding tert-OH is 1. The Morgan fingerprint density at radius 2 is 2.03 bits per heavy atom. The van der Waals surface area contributed by atoms with Crippen molar-refractivity contribution in [2.75, 3.05) is 43.0 Å². The van der Waals surface area contributed by atoms with Gasteiger partial charge in [-0.3, -0.25) is 9.78 Å². The van der Waals surface area contributed by atoms with Crippen molar-refractivity contribution in [3.63, 3.8) is 0 Å². The molecule has 4 heterocycles. The number of nitrogens with zero attached hydrogens (tertiary/aromatic N) is 3. The first-order valence-corrected chi connectivity index (χ1v) is 11.9. The van der Waals surface area contributed by atoms with E-state index >= 15 is 0 Å². The van der Waals surface area contributed by atoms with Crippen LogP contribution in [-0.2, 0) is 0 Å². The second-order valence-corrected chi connectivity index (χ2v) is 9.43. The van der Waals surface area contributed by atoms with Crippen molar-refractivity contribution in [3.05, 3.63) is 34.6 Å². The van der Waals surface area contributed by atoms with Crippen LogP contribution < -0.4 is 21.1 Å². The number of aromatic amines is 1. The summed E-state index contributed by atoms with van der Waals surface area (Å²) in [5, 5.41) is 17.1. The third kappa shape index (κ3) is 4.30. The van der Waals surface area contributed by atoms with Crippen molar-refractivity contribution in [1.82, 2.24) is 20.3 Å². The molecular formula is C22H28N6O2S. The van der Waals surface area contributed by atoms with Gasteiger partial charge in [-0.1, -0.05) is 12.1 Å². The summed E-state index contributed by atoms with van der Waals surface area (Å²) in [6.07, 6.45) is 3.93. The van der Waals surface area contributed by atoms with Gasteiger partial charge in [-0.05, 0) is 50.3 Å². The molecule has 2 aliphatic heterocycles. The molecule has 2 saturated heterocycles. The topological polar surface area (TPSA) is 106 Å². The van der Waals surface area contributed by atoms with E-state index in [0.29, 0.717) is 28.3 Å². The van der Waals surface area contributed by atoms with Crippen LogP contribution in [0.5, 0.6) is 0 Å². The maximum Gasteiger partial charge on any atom is 0.264 e. The smallest absolute Gasteiger partial charge is 0.264 e. The lowest BCUT2D eigenvalue weighted by molar-refractivity contribution is 0.202. The zero-order valence-electron chi connectivity index (χ0n) is 17.4. The van der Waals surface area contributed by atoms with Crippen LogP contribution in [0.2, 0.25) is 0 Å². The Hall–Kier alpha value is -2.49. The number of rotatable bonds is 5. The third-order valence-electron chi connectivity index (χ3n) is 6.22. The first-order valence-electron chi connectivity index (χ1n) is 11.0. The average molecular weight is 441 g/mol. The highest BCUT2D eigenvalue weighted by atomic mass is 32.1. The molecule has 2 aliphatic rings. The fourth-order valence-corrected chi connectivity index (χ4v) is 5.40. The number of thiazole rings is 1. The van der Waals surface area contributed by atoms with Crippen LogP contribution in [0.25, 0.3) is 20.8 Å². The van der Waals surface area contributed by atoms with Crippen molar-refractivity contribution < 1.29 is 5.11 Å². The lowest BCUT2D eigenvalue weighted by Crippen LogP contribution is -2.40. The molecule has 3 aromatic rings. The molecule has 1 atom stereocenters. The van der Waals surface area contributed by atoms with Crippen LogP contribution in [0.3, 0.4) is 0 Å². The van der Waals surface area contributed by atoms with E-state index in [-0.39, 0.29) is 18.2 Å². The van der Waals surface area contributed by atoms with Gasteiger partial charge in [-0.2, -0.15) is 4.98 Å². The number of aliphatic hydroxyl groups is 1. The van der Waals surface area contributed by atoms with Gasteiger partial charge in [-0.15, -0.1) is 11.3 Å². The standard InChI is InChI=1S/C22H28N6O2S/c29-13-14-7-10-28(11-8-14)22-26-19(24-15-4-3-9-23-12-15)18(20(30)27-22)21-25-16-5-1-2-6-17(16)31-21/h1-2,5-6,14-15,23,29H,3-4,7-13H2,(H2,24,26,27,30)/t15-/m1/s1. The molecule has 2 aromatic heterocycles. The summed E-state index contributed by atoms with van der Waals surface area (Å²) in [6.45, 7) is 3.65. The first-order chi connectivity index (χ1) is 15.2. The van der Waals surface area contributed by atoms with Gasteiger partial charge < -0.3 is 20.6 Å². The van der Waals surface area contributed by atoms with Crippen LogP contribution in [0.15, 0.2) is 29.1 Å². The molecule has 0 radical (unpaired) electrons. The molecule has 0 bridgehead atoms. The quantitative estimate of drug-likeness (QED) is 0.483. The molecule has 8 nitrogen and oxygen atoms in total. The van der Waals surface area contributed by atoms with Crippen LogP contribution >= 0.6 is 11.3 Å². The minimum atomic E-state index is -0.167. The van der Waals surface area contributed by atoms with Crippen LogP contribution in [0, 0.1) is 5.92 Å². The molecule has 2 fully saturated rings. The summed E-state index contributed by atoms with van der Waals surface area (Å²) in [5.41, 5.74) is 1.24. The van der Waals surface area contributed by atoms with Crippen molar-refractivity contribution >= 4 is 33.3 Å². The van der Waals surface area contributed by atoms with E-state index in [1.165, 1.54) is 11.3 Å². The number of fused-ring (bicyclic) bond motifs is 1. The zero-order valence-corrected chi connectivity index (χ0v) is 18.2. The lowest BCUT2D eigenvalue weighted by Gasteiger charge is -2.32. The van der Waals surface area contributed by atoms with Crippen molar-refractivity contribution in [2.24, 2.45) is 5.92 Å². The summed E-state index contributed by atoms with van der Waals surface area (Å²) in [4.78, 5) is 28.0. The Bertz CT molecular complexity index is 1070. The second kappa shape index (κ2) is 8.94.